The number of para-hydroxylation sites is 1. The Hall–Kier alpha value is -3.36. The molecule has 0 spiro atoms. The van der Waals surface area contributed by atoms with E-state index >= 15 is 0 Å². The number of anilines is 1. The number of hydrogen-bond donors (Lipinski definition) is 1. The van der Waals surface area contributed by atoms with Gasteiger partial charge in [-0.05, 0) is 35.9 Å². The Bertz CT molecular complexity index is 1220. The van der Waals surface area contributed by atoms with Crippen LogP contribution in [-0.2, 0) is 11.2 Å². The molecule has 0 atom stereocenters. The number of hydrogen-bond acceptors (Lipinski definition) is 6. The van der Waals surface area contributed by atoms with E-state index in [1.165, 1.54) is 17.4 Å². The van der Waals surface area contributed by atoms with Crippen LogP contribution in [0.25, 0.3) is 6.08 Å². The molecule has 0 saturated heterocycles. The Morgan fingerprint density at radius 1 is 1.23 bits per heavy atom. The van der Waals surface area contributed by atoms with Crippen LogP contribution >= 0.6 is 34.5 Å². The lowest BCUT2D eigenvalue weighted by Gasteiger charge is -2.06. The van der Waals surface area contributed by atoms with Crippen molar-refractivity contribution in [2.75, 3.05) is 11.9 Å². The van der Waals surface area contributed by atoms with Crippen LogP contribution < -0.4 is 10.1 Å². The van der Waals surface area contributed by atoms with Gasteiger partial charge in [0.1, 0.15) is 23.5 Å². The van der Waals surface area contributed by atoms with Crippen LogP contribution in [0.3, 0.4) is 0 Å². The average molecular weight is 469 g/mol. The number of halogens is 2. The number of ether oxygens (including phenoxy) is 1. The first-order chi connectivity index (χ1) is 15.0. The van der Waals surface area contributed by atoms with Crippen LogP contribution in [-0.4, -0.2) is 17.5 Å². The molecular formula is C22H14Cl2N4O2S. The summed E-state index contributed by atoms with van der Waals surface area (Å²) in [5.74, 6) is -0.196. The number of amides is 1. The molecule has 3 aromatic rings. The largest absolute Gasteiger partial charge is 0.478 e. The van der Waals surface area contributed by atoms with E-state index in [1.807, 2.05) is 12.1 Å². The number of carbonyl (C=O) groups is 1. The van der Waals surface area contributed by atoms with Gasteiger partial charge in [0.05, 0.1) is 0 Å². The SMILES string of the molecule is N#CCOc1ccccc1/C=C(\C#N)C(=O)Nc1ncc(Cc2cc(Cl)ccc2Cl)s1. The zero-order valence-corrected chi connectivity index (χ0v) is 18.3. The fraction of sp³-hybridized carbons (Fsp3) is 0.0909. The molecule has 154 valence electrons. The van der Waals surface area contributed by atoms with Crippen molar-refractivity contribution >= 4 is 51.7 Å². The van der Waals surface area contributed by atoms with E-state index in [0.29, 0.717) is 32.9 Å². The molecule has 6 nitrogen and oxygen atoms in total. The number of carbonyl (C=O) groups excluding carboxylic acids is 1. The predicted octanol–water partition coefficient (Wildman–Crippen LogP) is 5.49. The van der Waals surface area contributed by atoms with Crippen LogP contribution in [0.2, 0.25) is 10.0 Å². The zero-order valence-electron chi connectivity index (χ0n) is 15.9. The smallest absolute Gasteiger partial charge is 0.268 e. The van der Waals surface area contributed by atoms with Gasteiger partial charge < -0.3 is 4.74 Å². The fourth-order valence-corrected chi connectivity index (χ4v) is 3.83. The van der Waals surface area contributed by atoms with Crippen LogP contribution in [0, 0.1) is 22.7 Å². The van der Waals surface area contributed by atoms with Gasteiger partial charge in [0, 0.05) is 33.1 Å². The number of nitriles is 2. The highest BCUT2D eigenvalue weighted by Gasteiger charge is 2.14. The first-order valence-electron chi connectivity index (χ1n) is 8.90. The van der Waals surface area contributed by atoms with E-state index < -0.39 is 5.91 Å². The number of rotatable bonds is 7. The van der Waals surface area contributed by atoms with Gasteiger partial charge in [-0.25, -0.2) is 4.98 Å². The molecule has 2 aromatic carbocycles. The van der Waals surface area contributed by atoms with Crippen molar-refractivity contribution in [2.45, 2.75) is 6.42 Å². The molecule has 1 N–H and O–H groups in total. The number of benzene rings is 2. The summed E-state index contributed by atoms with van der Waals surface area (Å²) in [6.45, 7) is -0.141. The molecule has 1 heterocycles. The second-order valence-corrected chi connectivity index (χ2v) is 8.11. The minimum atomic E-state index is -0.598. The van der Waals surface area contributed by atoms with Crippen LogP contribution in [0.5, 0.6) is 5.75 Å². The van der Waals surface area contributed by atoms with Crippen LogP contribution in [0.15, 0.2) is 54.2 Å². The fourth-order valence-electron chi connectivity index (χ4n) is 2.62. The summed E-state index contributed by atoms with van der Waals surface area (Å²) in [4.78, 5) is 17.6. The normalized spacial score (nSPS) is 10.8. The lowest BCUT2D eigenvalue weighted by molar-refractivity contribution is -0.112. The van der Waals surface area contributed by atoms with E-state index in [1.54, 1.807) is 48.7 Å². The minimum Gasteiger partial charge on any atom is -0.478 e. The maximum absolute atomic E-state index is 12.6. The van der Waals surface area contributed by atoms with E-state index in [4.69, 9.17) is 33.2 Å². The summed E-state index contributed by atoms with van der Waals surface area (Å²) in [6, 6.07) is 15.8. The van der Waals surface area contributed by atoms with Crippen molar-refractivity contribution in [3.05, 3.63) is 80.3 Å². The topological polar surface area (TPSA) is 98.8 Å². The molecule has 1 aromatic heterocycles. The van der Waals surface area contributed by atoms with Gasteiger partial charge in [-0.15, -0.1) is 11.3 Å². The van der Waals surface area contributed by atoms with Crippen molar-refractivity contribution in [1.29, 1.82) is 10.5 Å². The predicted molar refractivity (Wildman–Crippen MR) is 121 cm³/mol. The van der Waals surface area contributed by atoms with Gasteiger partial charge in [0.25, 0.3) is 5.91 Å². The van der Waals surface area contributed by atoms with Crippen molar-refractivity contribution < 1.29 is 9.53 Å². The van der Waals surface area contributed by atoms with Gasteiger partial charge in [0.2, 0.25) is 0 Å². The lowest BCUT2D eigenvalue weighted by atomic mass is 10.1. The van der Waals surface area contributed by atoms with Crippen molar-refractivity contribution in [3.63, 3.8) is 0 Å². The lowest BCUT2D eigenvalue weighted by Crippen LogP contribution is -2.13. The molecule has 1 amide bonds. The second kappa shape index (κ2) is 10.6. The third-order valence-corrected chi connectivity index (χ3v) is 5.54. The van der Waals surface area contributed by atoms with Gasteiger partial charge in [0.15, 0.2) is 11.7 Å². The average Bonchev–Trinajstić information content (AvgIpc) is 3.20. The van der Waals surface area contributed by atoms with E-state index in [2.05, 4.69) is 10.3 Å². The van der Waals surface area contributed by atoms with Gasteiger partial charge in [-0.2, -0.15) is 10.5 Å². The molecule has 0 aliphatic rings. The van der Waals surface area contributed by atoms with Crippen molar-refractivity contribution in [1.82, 2.24) is 4.98 Å². The van der Waals surface area contributed by atoms with E-state index in [0.717, 1.165) is 10.4 Å². The third-order valence-electron chi connectivity index (χ3n) is 4.02. The van der Waals surface area contributed by atoms with Crippen LogP contribution in [0.4, 0.5) is 5.13 Å². The van der Waals surface area contributed by atoms with Gasteiger partial charge in [-0.1, -0.05) is 41.4 Å². The highest BCUT2D eigenvalue weighted by atomic mass is 35.5. The van der Waals surface area contributed by atoms with Crippen LogP contribution in [0.1, 0.15) is 16.0 Å². The summed E-state index contributed by atoms with van der Waals surface area (Å²) in [7, 11) is 0. The third kappa shape index (κ3) is 6.07. The number of aromatic nitrogens is 1. The molecule has 0 bridgehead atoms. The van der Waals surface area contributed by atoms with Gasteiger partial charge >= 0.3 is 0 Å². The first kappa shape index (κ1) is 22.3. The maximum Gasteiger partial charge on any atom is 0.268 e. The number of thiazole rings is 1. The summed E-state index contributed by atoms with van der Waals surface area (Å²) in [5.41, 5.74) is 1.24. The summed E-state index contributed by atoms with van der Waals surface area (Å²) in [5, 5.41) is 22.3. The molecule has 0 unspecified atom stereocenters. The highest BCUT2D eigenvalue weighted by molar-refractivity contribution is 7.15. The Morgan fingerprint density at radius 2 is 2.03 bits per heavy atom. The first-order valence-corrected chi connectivity index (χ1v) is 10.5. The van der Waals surface area contributed by atoms with Crippen molar-refractivity contribution in [3.8, 4) is 17.9 Å². The number of nitrogens with one attached hydrogen (secondary N) is 1. The standard InChI is InChI=1S/C22H14Cl2N4O2S/c23-17-5-6-19(24)15(10-17)11-18-13-27-22(31-18)28-21(29)16(12-26)9-14-3-1-2-4-20(14)30-8-7-25/h1-6,9-10,13H,8,11H2,(H,27,28,29)/b16-9+. The molecule has 0 saturated carbocycles. The summed E-state index contributed by atoms with van der Waals surface area (Å²) < 4.78 is 5.33. The molecule has 9 heteroatoms. The minimum absolute atomic E-state index is 0.123. The molecule has 0 aliphatic carbocycles. The Balaban J connectivity index is 1.74. The summed E-state index contributed by atoms with van der Waals surface area (Å²) in [6.07, 6.45) is 3.55. The molecule has 0 fully saturated rings. The Labute approximate surface area is 192 Å². The molecule has 0 radical (unpaired) electrons. The quantitative estimate of drug-likeness (QED) is 0.365. The molecule has 0 aliphatic heterocycles. The molecule has 3 rings (SSSR count). The number of nitrogens with zero attached hydrogens (tertiary/aromatic N) is 3. The van der Waals surface area contributed by atoms with Crippen molar-refractivity contribution in [2.24, 2.45) is 0 Å². The highest BCUT2D eigenvalue weighted by Crippen LogP contribution is 2.27. The maximum atomic E-state index is 12.6. The summed E-state index contributed by atoms with van der Waals surface area (Å²) >= 11 is 13.5. The van der Waals surface area contributed by atoms with Gasteiger partial charge in [-0.3, -0.25) is 10.1 Å². The zero-order chi connectivity index (χ0) is 22.2. The Morgan fingerprint density at radius 3 is 2.81 bits per heavy atom. The van der Waals surface area contributed by atoms with E-state index in [9.17, 15) is 10.1 Å². The molecular weight excluding hydrogens is 455 g/mol. The monoisotopic (exact) mass is 468 g/mol. The second-order valence-electron chi connectivity index (χ2n) is 6.15. The Kier molecular flexibility index (Phi) is 7.64. The molecule has 31 heavy (non-hydrogen) atoms. The van der Waals surface area contributed by atoms with E-state index in [-0.39, 0.29) is 12.2 Å².